The molecule has 2 rings (SSSR count). The summed E-state index contributed by atoms with van der Waals surface area (Å²) in [6, 6.07) is 5.27. The fraction of sp³-hybridized carbons (Fsp3) is 0.294. The van der Waals surface area contributed by atoms with E-state index in [4.69, 9.17) is 19.4 Å². The van der Waals surface area contributed by atoms with Gasteiger partial charge in [-0.25, -0.2) is 14.4 Å². The number of rotatable bonds is 3. The molecule has 0 aliphatic carbocycles. The first kappa shape index (κ1) is 22.7. The van der Waals surface area contributed by atoms with Gasteiger partial charge in [0.25, 0.3) is 0 Å². The van der Waals surface area contributed by atoms with Crippen molar-refractivity contribution in [2.45, 2.75) is 13.1 Å². The number of halogens is 3. The molecule has 1 aliphatic heterocycles. The molecule has 0 aromatic carbocycles. The average molecular weight is 402 g/mol. The van der Waals surface area contributed by atoms with Crippen molar-refractivity contribution in [3.8, 4) is 0 Å². The van der Waals surface area contributed by atoms with Gasteiger partial charge in [0.2, 0.25) is 0 Å². The Morgan fingerprint density at radius 2 is 1.93 bits per heavy atom. The van der Waals surface area contributed by atoms with E-state index in [-0.39, 0.29) is 12.2 Å². The number of nitrogens with zero attached hydrogens (tertiary/aromatic N) is 2. The van der Waals surface area contributed by atoms with Crippen LogP contribution in [-0.2, 0) is 19.1 Å². The van der Waals surface area contributed by atoms with Crippen LogP contribution < -0.4 is 0 Å². The van der Waals surface area contributed by atoms with Gasteiger partial charge in [-0.1, -0.05) is 12.1 Å². The Morgan fingerprint density at radius 3 is 2.39 bits per heavy atom. The second kappa shape index (κ2) is 10.1. The van der Waals surface area contributed by atoms with Crippen LogP contribution in [0.5, 0.6) is 0 Å². The molecule has 28 heavy (non-hydrogen) atoms. The Hall–Kier alpha value is -3.37. The number of carbonyl (C=O) groups excluding carboxylic acids is 2. The zero-order valence-electron chi connectivity index (χ0n) is 14.9. The Kier molecular flexibility index (Phi) is 8.17. The molecule has 1 aromatic heterocycles. The molecule has 0 atom stereocenters. The van der Waals surface area contributed by atoms with Crippen LogP contribution >= 0.6 is 0 Å². The lowest BCUT2D eigenvalue weighted by molar-refractivity contribution is -0.192. The molecule has 1 N–H and O–H groups in total. The van der Waals surface area contributed by atoms with E-state index in [1.54, 1.807) is 43.5 Å². The van der Waals surface area contributed by atoms with Crippen LogP contribution in [0.4, 0.5) is 18.0 Å². The van der Waals surface area contributed by atoms with Gasteiger partial charge in [0.1, 0.15) is 0 Å². The molecule has 0 spiro atoms. The van der Waals surface area contributed by atoms with Gasteiger partial charge >= 0.3 is 24.2 Å². The van der Waals surface area contributed by atoms with E-state index in [9.17, 15) is 22.8 Å². The maximum Gasteiger partial charge on any atom is 0.490 e. The molecule has 0 radical (unpaired) electrons. The predicted molar refractivity (Wildman–Crippen MR) is 89.7 cm³/mol. The Morgan fingerprint density at radius 1 is 1.29 bits per heavy atom. The molecule has 0 unspecified atom stereocenters. The highest BCUT2D eigenvalue weighted by Gasteiger charge is 2.38. The first-order valence-electron chi connectivity index (χ1n) is 7.78. The number of pyridine rings is 1. The van der Waals surface area contributed by atoms with Crippen LogP contribution in [0, 0.1) is 0 Å². The van der Waals surface area contributed by atoms with Gasteiger partial charge in [-0.3, -0.25) is 9.88 Å². The number of carbonyl (C=O) groups is 3. The van der Waals surface area contributed by atoms with E-state index < -0.39 is 24.2 Å². The molecule has 8 nitrogen and oxygen atoms in total. The molecule has 1 aromatic rings. The van der Waals surface area contributed by atoms with Gasteiger partial charge in [0.05, 0.1) is 30.7 Å². The van der Waals surface area contributed by atoms with Crippen molar-refractivity contribution in [2.75, 3.05) is 20.3 Å². The molecule has 0 saturated heterocycles. The Bertz CT molecular complexity index is 775. The normalized spacial score (nSPS) is 13.4. The highest BCUT2D eigenvalue weighted by atomic mass is 19.4. The monoisotopic (exact) mass is 402 g/mol. The average Bonchev–Trinajstić information content (AvgIpc) is 2.67. The summed E-state index contributed by atoms with van der Waals surface area (Å²) in [5.74, 6) is -3.25. The second-order valence-corrected chi connectivity index (χ2v) is 4.98. The van der Waals surface area contributed by atoms with E-state index in [1.807, 2.05) is 0 Å². The molecule has 152 valence electrons. The highest BCUT2D eigenvalue weighted by molar-refractivity contribution is 6.02. The first-order chi connectivity index (χ1) is 13.1. The lowest BCUT2D eigenvalue weighted by Gasteiger charge is -2.26. The van der Waals surface area contributed by atoms with Crippen molar-refractivity contribution in [2.24, 2.45) is 0 Å². The van der Waals surface area contributed by atoms with Gasteiger partial charge in [-0.15, -0.1) is 0 Å². The number of methoxy groups -OCH3 is 1. The second-order valence-electron chi connectivity index (χ2n) is 4.98. The molecule has 0 fully saturated rings. The molecule has 2 heterocycles. The summed E-state index contributed by atoms with van der Waals surface area (Å²) >= 11 is 0. The van der Waals surface area contributed by atoms with Crippen molar-refractivity contribution in [3.05, 3.63) is 47.8 Å². The van der Waals surface area contributed by atoms with Crippen LogP contribution in [0.2, 0.25) is 0 Å². The lowest BCUT2D eigenvalue weighted by atomic mass is 10.1. The van der Waals surface area contributed by atoms with Gasteiger partial charge < -0.3 is 14.6 Å². The van der Waals surface area contributed by atoms with Gasteiger partial charge in [-0.05, 0) is 25.1 Å². The number of hydrogen-bond donors (Lipinski definition) is 1. The molecular formula is C17H17F3N2O6. The van der Waals surface area contributed by atoms with Gasteiger partial charge in [0.15, 0.2) is 0 Å². The molecule has 0 bridgehead atoms. The number of aromatic nitrogens is 1. The van der Waals surface area contributed by atoms with Crippen LogP contribution in [-0.4, -0.2) is 59.5 Å². The molecular weight excluding hydrogens is 385 g/mol. The zero-order valence-corrected chi connectivity index (χ0v) is 14.9. The third kappa shape index (κ3) is 6.11. The standard InChI is InChI=1S/C15H16N2O4.C2HF3O2/c1-3-21-14(18)11-7-6-10-17(15(19)20-2)13(11)12-8-4-5-9-16-12;3-2(4,5)1(6)7/h4-9H,3,10H2,1-2H3;(H,6,7). The Labute approximate surface area is 157 Å². The number of ether oxygens (including phenoxy) is 2. The zero-order chi connectivity index (χ0) is 21.3. The lowest BCUT2D eigenvalue weighted by Crippen LogP contribution is -2.33. The molecule has 0 saturated carbocycles. The number of alkyl halides is 3. The van der Waals surface area contributed by atoms with Crippen LogP contribution in [0.3, 0.4) is 0 Å². The van der Waals surface area contributed by atoms with Gasteiger partial charge in [0, 0.05) is 12.7 Å². The summed E-state index contributed by atoms with van der Waals surface area (Å²) in [5.41, 5.74) is 1.19. The summed E-state index contributed by atoms with van der Waals surface area (Å²) in [6.45, 7) is 2.29. The third-order valence-corrected chi connectivity index (χ3v) is 3.14. The largest absolute Gasteiger partial charge is 0.490 e. The number of carboxylic acids is 1. The van der Waals surface area contributed by atoms with E-state index in [2.05, 4.69) is 4.98 Å². The van der Waals surface area contributed by atoms with E-state index >= 15 is 0 Å². The predicted octanol–water partition coefficient (Wildman–Crippen LogP) is 2.63. The fourth-order valence-corrected chi connectivity index (χ4v) is 2.02. The smallest absolute Gasteiger partial charge is 0.475 e. The van der Waals surface area contributed by atoms with Gasteiger partial charge in [-0.2, -0.15) is 13.2 Å². The molecule has 1 aliphatic rings. The third-order valence-electron chi connectivity index (χ3n) is 3.14. The fourth-order valence-electron chi connectivity index (χ4n) is 2.02. The minimum Gasteiger partial charge on any atom is -0.475 e. The van der Waals surface area contributed by atoms with Crippen molar-refractivity contribution in [3.63, 3.8) is 0 Å². The molecule has 1 amide bonds. The number of carboxylic acid groups (broad SMARTS) is 1. The number of hydrogen-bond acceptors (Lipinski definition) is 6. The van der Waals surface area contributed by atoms with Crippen molar-refractivity contribution in [1.29, 1.82) is 0 Å². The molecule has 11 heteroatoms. The SMILES string of the molecule is CCOC(=O)C1=C(c2ccccn2)N(C(=O)OC)CC=C1.O=C(O)C(F)(F)F. The number of esters is 1. The number of aliphatic carboxylic acids is 1. The summed E-state index contributed by atoms with van der Waals surface area (Å²) in [7, 11) is 1.29. The summed E-state index contributed by atoms with van der Waals surface area (Å²) in [5, 5.41) is 7.12. The highest BCUT2D eigenvalue weighted by Crippen LogP contribution is 2.27. The van der Waals surface area contributed by atoms with Crippen LogP contribution in [0.15, 0.2) is 42.1 Å². The van der Waals surface area contributed by atoms with Crippen molar-refractivity contribution >= 4 is 23.7 Å². The Balaban J connectivity index is 0.000000480. The maximum absolute atomic E-state index is 12.1. The van der Waals surface area contributed by atoms with E-state index in [1.165, 1.54) is 12.0 Å². The number of amides is 1. The van der Waals surface area contributed by atoms with Crippen molar-refractivity contribution < 1.29 is 42.1 Å². The van der Waals surface area contributed by atoms with E-state index in [0.717, 1.165) is 0 Å². The summed E-state index contributed by atoms with van der Waals surface area (Å²) in [6.07, 6.45) is -0.697. The van der Waals surface area contributed by atoms with Crippen molar-refractivity contribution in [1.82, 2.24) is 9.88 Å². The van der Waals surface area contributed by atoms with E-state index in [0.29, 0.717) is 17.9 Å². The first-order valence-corrected chi connectivity index (χ1v) is 7.78. The van der Waals surface area contributed by atoms with Crippen LogP contribution in [0.1, 0.15) is 12.6 Å². The maximum atomic E-state index is 12.1. The minimum atomic E-state index is -5.08. The summed E-state index contributed by atoms with van der Waals surface area (Å²) in [4.78, 5) is 38.5. The summed E-state index contributed by atoms with van der Waals surface area (Å²) < 4.78 is 41.5. The topological polar surface area (TPSA) is 106 Å². The quantitative estimate of drug-likeness (QED) is 0.775. The minimum absolute atomic E-state index is 0.254. The van der Waals surface area contributed by atoms with Crippen LogP contribution in [0.25, 0.3) is 5.70 Å².